The highest BCUT2D eigenvalue weighted by Crippen LogP contribution is 2.17. The van der Waals surface area contributed by atoms with E-state index >= 15 is 0 Å². The SMILES string of the molecule is CCCNC(COC1CCOCC1)c1ccccc1. The zero-order valence-electron chi connectivity index (χ0n) is 11.8. The Bertz CT molecular complexity index is 336. The number of nitrogens with one attached hydrogen (secondary N) is 1. The summed E-state index contributed by atoms with van der Waals surface area (Å²) >= 11 is 0. The van der Waals surface area contributed by atoms with Crippen LogP contribution in [0.1, 0.15) is 37.8 Å². The van der Waals surface area contributed by atoms with Crippen LogP contribution in [0.25, 0.3) is 0 Å². The summed E-state index contributed by atoms with van der Waals surface area (Å²) in [6, 6.07) is 10.9. The average Bonchev–Trinajstić information content (AvgIpc) is 2.49. The number of hydrogen-bond acceptors (Lipinski definition) is 3. The van der Waals surface area contributed by atoms with Crippen LogP contribution in [0.3, 0.4) is 0 Å². The molecule has 1 aromatic rings. The molecule has 0 amide bonds. The molecule has 1 unspecified atom stereocenters. The molecule has 1 saturated heterocycles. The van der Waals surface area contributed by atoms with Crippen molar-refractivity contribution < 1.29 is 9.47 Å². The summed E-state index contributed by atoms with van der Waals surface area (Å²) in [6.45, 7) is 5.63. The Labute approximate surface area is 116 Å². The summed E-state index contributed by atoms with van der Waals surface area (Å²) in [7, 11) is 0. The van der Waals surface area contributed by atoms with Crippen molar-refractivity contribution in [1.29, 1.82) is 0 Å². The van der Waals surface area contributed by atoms with Crippen molar-refractivity contribution in [2.45, 2.75) is 38.3 Å². The Morgan fingerprint density at radius 2 is 2.00 bits per heavy atom. The van der Waals surface area contributed by atoms with Crippen LogP contribution in [0, 0.1) is 0 Å². The van der Waals surface area contributed by atoms with Crippen LogP contribution in [0.5, 0.6) is 0 Å². The minimum absolute atomic E-state index is 0.295. The van der Waals surface area contributed by atoms with Crippen molar-refractivity contribution in [3.8, 4) is 0 Å². The zero-order valence-corrected chi connectivity index (χ0v) is 11.8. The van der Waals surface area contributed by atoms with E-state index in [1.165, 1.54) is 5.56 Å². The average molecular weight is 263 g/mol. The lowest BCUT2D eigenvalue weighted by atomic mass is 10.1. The molecule has 0 saturated carbocycles. The number of rotatable bonds is 7. The number of benzene rings is 1. The van der Waals surface area contributed by atoms with Gasteiger partial charge in [0.25, 0.3) is 0 Å². The molecule has 1 N–H and O–H groups in total. The maximum atomic E-state index is 6.05. The van der Waals surface area contributed by atoms with Gasteiger partial charge in [-0.05, 0) is 31.4 Å². The Morgan fingerprint density at radius 1 is 1.26 bits per heavy atom. The first kappa shape index (κ1) is 14.5. The van der Waals surface area contributed by atoms with Crippen molar-refractivity contribution in [2.24, 2.45) is 0 Å². The van der Waals surface area contributed by atoms with Crippen molar-refractivity contribution >= 4 is 0 Å². The first-order valence-electron chi connectivity index (χ1n) is 7.38. The molecular formula is C16H25NO2. The summed E-state index contributed by atoms with van der Waals surface area (Å²) in [5.74, 6) is 0. The Hall–Kier alpha value is -0.900. The van der Waals surface area contributed by atoms with E-state index in [-0.39, 0.29) is 0 Å². The van der Waals surface area contributed by atoms with Crippen molar-refractivity contribution in [3.05, 3.63) is 35.9 Å². The molecule has 1 aromatic carbocycles. The zero-order chi connectivity index (χ0) is 13.3. The van der Waals surface area contributed by atoms with Crippen molar-refractivity contribution in [3.63, 3.8) is 0 Å². The van der Waals surface area contributed by atoms with Gasteiger partial charge in [0.15, 0.2) is 0 Å². The second-order valence-corrected chi connectivity index (χ2v) is 5.06. The Balaban J connectivity index is 1.86. The maximum absolute atomic E-state index is 6.05. The molecule has 3 nitrogen and oxygen atoms in total. The van der Waals surface area contributed by atoms with E-state index in [1.807, 2.05) is 0 Å². The van der Waals surface area contributed by atoms with Gasteiger partial charge in [-0.1, -0.05) is 37.3 Å². The standard InChI is InChI=1S/C16H25NO2/c1-2-10-17-16(14-6-4-3-5-7-14)13-19-15-8-11-18-12-9-15/h3-7,15-17H,2,8-13H2,1H3. The molecule has 0 aliphatic carbocycles. The topological polar surface area (TPSA) is 30.5 Å². The van der Waals surface area contributed by atoms with Gasteiger partial charge in [0.2, 0.25) is 0 Å². The molecule has 1 heterocycles. The van der Waals surface area contributed by atoms with E-state index in [0.717, 1.165) is 45.6 Å². The monoisotopic (exact) mass is 263 g/mol. The molecule has 2 rings (SSSR count). The second kappa shape index (κ2) is 8.31. The number of ether oxygens (including phenoxy) is 2. The molecule has 0 aromatic heterocycles. The predicted molar refractivity (Wildman–Crippen MR) is 77.3 cm³/mol. The first-order valence-corrected chi connectivity index (χ1v) is 7.38. The van der Waals surface area contributed by atoms with Gasteiger partial charge in [-0.3, -0.25) is 0 Å². The maximum Gasteiger partial charge on any atom is 0.0665 e. The lowest BCUT2D eigenvalue weighted by Gasteiger charge is -2.26. The third kappa shape index (κ3) is 4.94. The molecule has 0 radical (unpaired) electrons. The predicted octanol–water partition coefficient (Wildman–Crippen LogP) is 2.92. The van der Waals surface area contributed by atoms with Gasteiger partial charge >= 0.3 is 0 Å². The summed E-state index contributed by atoms with van der Waals surface area (Å²) in [5, 5.41) is 3.57. The summed E-state index contributed by atoms with van der Waals surface area (Å²) in [4.78, 5) is 0. The first-order chi connectivity index (χ1) is 9.40. The van der Waals surface area contributed by atoms with E-state index in [9.17, 15) is 0 Å². The number of hydrogen-bond donors (Lipinski definition) is 1. The van der Waals surface area contributed by atoms with E-state index in [4.69, 9.17) is 9.47 Å². The summed E-state index contributed by atoms with van der Waals surface area (Å²) < 4.78 is 11.4. The van der Waals surface area contributed by atoms with E-state index < -0.39 is 0 Å². The molecule has 0 bridgehead atoms. The second-order valence-electron chi connectivity index (χ2n) is 5.06. The minimum Gasteiger partial charge on any atom is -0.381 e. The lowest BCUT2D eigenvalue weighted by Crippen LogP contribution is -2.30. The fourth-order valence-electron chi connectivity index (χ4n) is 2.35. The molecule has 19 heavy (non-hydrogen) atoms. The van der Waals surface area contributed by atoms with Crippen LogP contribution in [-0.2, 0) is 9.47 Å². The quantitative estimate of drug-likeness (QED) is 0.820. The minimum atomic E-state index is 0.295. The molecule has 1 aliphatic heterocycles. The van der Waals surface area contributed by atoms with Gasteiger partial charge < -0.3 is 14.8 Å². The molecular weight excluding hydrogens is 238 g/mol. The van der Waals surface area contributed by atoms with Crippen molar-refractivity contribution in [1.82, 2.24) is 5.32 Å². The summed E-state index contributed by atoms with van der Waals surface area (Å²) in [5.41, 5.74) is 1.31. The van der Waals surface area contributed by atoms with Crippen LogP contribution in [0.15, 0.2) is 30.3 Å². The van der Waals surface area contributed by atoms with Crippen LogP contribution >= 0.6 is 0 Å². The van der Waals surface area contributed by atoms with Gasteiger partial charge in [0.05, 0.1) is 18.8 Å². The van der Waals surface area contributed by atoms with E-state index in [1.54, 1.807) is 0 Å². The third-order valence-electron chi connectivity index (χ3n) is 3.51. The van der Waals surface area contributed by atoms with E-state index in [2.05, 4.69) is 42.6 Å². The molecule has 1 aliphatic rings. The fraction of sp³-hybridized carbons (Fsp3) is 0.625. The summed E-state index contributed by atoms with van der Waals surface area (Å²) in [6.07, 6.45) is 3.55. The van der Waals surface area contributed by atoms with E-state index in [0.29, 0.717) is 12.1 Å². The lowest BCUT2D eigenvalue weighted by molar-refractivity contribution is -0.0383. The Kier molecular flexibility index (Phi) is 6.34. The molecule has 3 heteroatoms. The largest absolute Gasteiger partial charge is 0.381 e. The van der Waals surface area contributed by atoms with Gasteiger partial charge in [-0.25, -0.2) is 0 Å². The highest BCUT2D eigenvalue weighted by Gasteiger charge is 2.17. The highest BCUT2D eigenvalue weighted by molar-refractivity contribution is 5.18. The van der Waals surface area contributed by atoms with Gasteiger partial charge in [0, 0.05) is 13.2 Å². The fourth-order valence-corrected chi connectivity index (χ4v) is 2.35. The van der Waals surface area contributed by atoms with Crippen LogP contribution in [-0.4, -0.2) is 32.5 Å². The third-order valence-corrected chi connectivity index (χ3v) is 3.51. The molecule has 106 valence electrons. The normalized spacial score (nSPS) is 18.4. The molecule has 1 fully saturated rings. The van der Waals surface area contributed by atoms with Gasteiger partial charge in [-0.15, -0.1) is 0 Å². The molecule has 1 atom stereocenters. The van der Waals surface area contributed by atoms with Crippen LogP contribution in [0.4, 0.5) is 0 Å². The highest BCUT2D eigenvalue weighted by atomic mass is 16.5. The van der Waals surface area contributed by atoms with Gasteiger partial charge in [-0.2, -0.15) is 0 Å². The van der Waals surface area contributed by atoms with Gasteiger partial charge in [0.1, 0.15) is 0 Å². The molecule has 0 spiro atoms. The Morgan fingerprint density at radius 3 is 2.68 bits per heavy atom. The smallest absolute Gasteiger partial charge is 0.0665 e. The van der Waals surface area contributed by atoms with Crippen molar-refractivity contribution in [2.75, 3.05) is 26.4 Å². The van der Waals surface area contributed by atoms with Crippen LogP contribution in [0.2, 0.25) is 0 Å². The van der Waals surface area contributed by atoms with Crippen LogP contribution < -0.4 is 5.32 Å².